The Labute approximate surface area is 149 Å². The van der Waals surface area contributed by atoms with Gasteiger partial charge in [-0.25, -0.2) is 0 Å². The van der Waals surface area contributed by atoms with Crippen LogP contribution in [0.2, 0.25) is 0 Å². The van der Waals surface area contributed by atoms with Crippen LogP contribution in [0, 0.1) is 13.8 Å². The highest BCUT2D eigenvalue weighted by atomic mass is 16.1. The second-order valence-electron chi connectivity index (χ2n) is 6.66. The van der Waals surface area contributed by atoms with Crippen LogP contribution in [0.5, 0.6) is 0 Å². The number of nitrogens with two attached hydrogens (primary N) is 1. The summed E-state index contributed by atoms with van der Waals surface area (Å²) in [5, 5.41) is 7.58. The molecule has 0 aliphatic heterocycles. The van der Waals surface area contributed by atoms with Crippen LogP contribution in [0.3, 0.4) is 0 Å². The minimum atomic E-state index is 0.0269. The molecule has 1 atom stereocenters. The maximum atomic E-state index is 12.3. The highest BCUT2D eigenvalue weighted by Gasteiger charge is 2.14. The normalized spacial score (nSPS) is 12.1. The topological polar surface area (TPSA) is 45.7 Å². The van der Waals surface area contributed by atoms with Crippen LogP contribution in [0.4, 0.5) is 5.69 Å². The van der Waals surface area contributed by atoms with Crippen LogP contribution in [0.1, 0.15) is 29.7 Å². The first kappa shape index (κ1) is 17.2. The molecule has 0 saturated carbocycles. The predicted octanol–water partition coefficient (Wildman–Crippen LogP) is 3.72. The molecule has 1 amide bonds. The lowest BCUT2D eigenvalue weighted by atomic mass is 10.00. The third kappa shape index (κ3) is 4.06. The summed E-state index contributed by atoms with van der Waals surface area (Å²) in [4.78, 5) is 12.3. The third-order valence-corrected chi connectivity index (χ3v) is 4.63. The molecular formula is C22H25N2O+. The zero-order valence-electron chi connectivity index (χ0n) is 15.0. The van der Waals surface area contributed by atoms with Crippen molar-refractivity contribution in [2.75, 3.05) is 11.9 Å². The van der Waals surface area contributed by atoms with Crippen LogP contribution in [0.15, 0.2) is 60.7 Å². The van der Waals surface area contributed by atoms with Gasteiger partial charge >= 0.3 is 0 Å². The van der Waals surface area contributed by atoms with Crippen molar-refractivity contribution in [3.63, 3.8) is 0 Å². The van der Waals surface area contributed by atoms with E-state index in [1.54, 1.807) is 0 Å². The number of hydrogen-bond donors (Lipinski definition) is 2. The van der Waals surface area contributed by atoms with E-state index in [0.717, 1.165) is 11.3 Å². The number of amides is 1. The minimum Gasteiger partial charge on any atom is -0.332 e. The van der Waals surface area contributed by atoms with E-state index < -0.39 is 0 Å². The van der Waals surface area contributed by atoms with Gasteiger partial charge in [-0.2, -0.15) is 0 Å². The first-order valence-corrected chi connectivity index (χ1v) is 8.72. The first-order chi connectivity index (χ1) is 12.0. The number of benzene rings is 3. The minimum absolute atomic E-state index is 0.0269. The van der Waals surface area contributed by atoms with Crippen molar-refractivity contribution in [3.8, 4) is 0 Å². The lowest BCUT2D eigenvalue weighted by molar-refractivity contribution is -0.682. The number of carbonyl (C=O) groups is 1. The molecule has 3 nitrogen and oxygen atoms in total. The van der Waals surface area contributed by atoms with Crippen molar-refractivity contribution in [1.82, 2.24) is 0 Å². The summed E-state index contributed by atoms with van der Waals surface area (Å²) in [6.07, 6.45) is 0. The van der Waals surface area contributed by atoms with Crippen LogP contribution in [-0.4, -0.2) is 12.5 Å². The van der Waals surface area contributed by atoms with E-state index in [1.807, 2.05) is 19.1 Å². The monoisotopic (exact) mass is 333 g/mol. The molecule has 0 aliphatic carbocycles. The van der Waals surface area contributed by atoms with Crippen LogP contribution >= 0.6 is 0 Å². The first-order valence-electron chi connectivity index (χ1n) is 8.72. The van der Waals surface area contributed by atoms with E-state index in [2.05, 4.69) is 73.0 Å². The zero-order valence-corrected chi connectivity index (χ0v) is 15.0. The summed E-state index contributed by atoms with van der Waals surface area (Å²) in [5.74, 6) is 0.0269. The highest BCUT2D eigenvalue weighted by molar-refractivity contribution is 5.92. The Kier molecular flexibility index (Phi) is 5.15. The number of fused-ring (bicyclic) bond motifs is 1. The van der Waals surface area contributed by atoms with Gasteiger partial charge in [-0.05, 0) is 43.2 Å². The van der Waals surface area contributed by atoms with Crippen molar-refractivity contribution >= 4 is 22.4 Å². The van der Waals surface area contributed by atoms with Crippen molar-refractivity contribution in [3.05, 3.63) is 77.4 Å². The van der Waals surface area contributed by atoms with Gasteiger partial charge in [-0.15, -0.1) is 0 Å². The van der Waals surface area contributed by atoms with Gasteiger partial charge in [0.25, 0.3) is 5.91 Å². The molecule has 0 aliphatic rings. The molecule has 0 spiro atoms. The fourth-order valence-corrected chi connectivity index (χ4v) is 3.21. The molecule has 25 heavy (non-hydrogen) atoms. The SMILES string of the molecule is Cc1ccc(NC(=O)C[NH2+][C@@H](C)c2cccc3ccccc23)c(C)c1. The quantitative estimate of drug-likeness (QED) is 0.734. The van der Waals surface area contributed by atoms with Crippen LogP contribution in [0.25, 0.3) is 10.8 Å². The molecule has 0 unspecified atom stereocenters. The maximum Gasteiger partial charge on any atom is 0.279 e. The van der Waals surface area contributed by atoms with E-state index in [9.17, 15) is 4.79 Å². The van der Waals surface area contributed by atoms with Crippen molar-refractivity contribution < 1.29 is 10.1 Å². The Morgan fingerprint density at radius 2 is 1.80 bits per heavy atom. The average Bonchev–Trinajstić information content (AvgIpc) is 2.61. The number of aryl methyl sites for hydroxylation is 2. The Morgan fingerprint density at radius 3 is 2.60 bits per heavy atom. The molecule has 3 N–H and O–H groups in total. The predicted molar refractivity (Wildman–Crippen MR) is 104 cm³/mol. The Bertz CT molecular complexity index is 896. The van der Waals surface area contributed by atoms with Gasteiger partial charge in [-0.3, -0.25) is 4.79 Å². The summed E-state index contributed by atoms with van der Waals surface area (Å²) in [6.45, 7) is 6.62. The summed E-state index contributed by atoms with van der Waals surface area (Å²) in [6, 6.07) is 21.0. The average molecular weight is 333 g/mol. The molecule has 3 heteroatoms. The Morgan fingerprint density at radius 1 is 1.04 bits per heavy atom. The summed E-state index contributed by atoms with van der Waals surface area (Å²) in [5.41, 5.74) is 4.45. The molecule has 3 aromatic carbocycles. The molecule has 0 aromatic heterocycles. The Hall–Kier alpha value is -2.65. The second-order valence-corrected chi connectivity index (χ2v) is 6.66. The van der Waals surface area contributed by atoms with Crippen LogP contribution in [-0.2, 0) is 4.79 Å². The number of carbonyl (C=O) groups excluding carboxylic acids is 1. The number of nitrogens with one attached hydrogen (secondary N) is 1. The number of hydrogen-bond acceptors (Lipinski definition) is 1. The van der Waals surface area contributed by atoms with Gasteiger partial charge in [0.1, 0.15) is 6.04 Å². The maximum absolute atomic E-state index is 12.3. The Balaban J connectivity index is 1.65. The van der Waals surface area contributed by atoms with Crippen molar-refractivity contribution in [2.45, 2.75) is 26.8 Å². The lowest BCUT2D eigenvalue weighted by Crippen LogP contribution is -2.86. The van der Waals surface area contributed by atoms with Gasteiger partial charge in [0.05, 0.1) is 0 Å². The number of rotatable bonds is 5. The van der Waals surface area contributed by atoms with Gasteiger partial charge in [0, 0.05) is 11.3 Å². The second kappa shape index (κ2) is 7.49. The van der Waals surface area contributed by atoms with Crippen molar-refractivity contribution in [1.29, 1.82) is 0 Å². The molecule has 0 bridgehead atoms. The summed E-state index contributed by atoms with van der Waals surface area (Å²) < 4.78 is 0. The summed E-state index contributed by atoms with van der Waals surface area (Å²) in [7, 11) is 0. The molecule has 128 valence electrons. The molecule has 3 aromatic rings. The molecule has 0 saturated heterocycles. The fraction of sp³-hybridized carbons (Fsp3) is 0.227. The summed E-state index contributed by atoms with van der Waals surface area (Å²) >= 11 is 0. The smallest absolute Gasteiger partial charge is 0.279 e. The van der Waals surface area contributed by atoms with E-state index in [0.29, 0.717) is 6.54 Å². The van der Waals surface area contributed by atoms with E-state index in [4.69, 9.17) is 0 Å². The van der Waals surface area contributed by atoms with Gasteiger partial charge < -0.3 is 10.6 Å². The molecule has 0 heterocycles. The highest BCUT2D eigenvalue weighted by Crippen LogP contribution is 2.22. The third-order valence-electron chi connectivity index (χ3n) is 4.63. The molecule has 0 fully saturated rings. The molecular weight excluding hydrogens is 308 g/mol. The standard InChI is InChI=1S/C22H24N2O/c1-15-11-12-21(16(2)13-15)24-22(25)14-23-17(3)19-10-6-8-18-7-4-5-9-20(18)19/h4-13,17,23H,14H2,1-3H3,(H,24,25)/p+1/t17-/m0/s1. The number of anilines is 1. The molecule has 0 radical (unpaired) electrons. The fourth-order valence-electron chi connectivity index (χ4n) is 3.21. The van der Waals surface area contributed by atoms with E-state index in [-0.39, 0.29) is 11.9 Å². The van der Waals surface area contributed by atoms with Crippen LogP contribution < -0.4 is 10.6 Å². The molecule has 3 rings (SSSR count). The van der Waals surface area contributed by atoms with E-state index >= 15 is 0 Å². The van der Waals surface area contributed by atoms with Gasteiger partial charge in [0.15, 0.2) is 6.54 Å². The largest absolute Gasteiger partial charge is 0.332 e. The van der Waals surface area contributed by atoms with Gasteiger partial charge in [0.2, 0.25) is 0 Å². The number of quaternary nitrogens is 1. The van der Waals surface area contributed by atoms with E-state index in [1.165, 1.54) is 21.9 Å². The van der Waals surface area contributed by atoms with Crippen molar-refractivity contribution in [2.24, 2.45) is 0 Å². The zero-order chi connectivity index (χ0) is 17.8. The van der Waals surface area contributed by atoms with Gasteiger partial charge in [-0.1, -0.05) is 60.2 Å². The lowest BCUT2D eigenvalue weighted by Gasteiger charge is -2.14.